The molecular formula is C20H15Cl2N3O2. The van der Waals surface area contributed by atoms with Gasteiger partial charge in [-0.3, -0.25) is 9.59 Å². The predicted molar refractivity (Wildman–Crippen MR) is 110 cm³/mol. The number of halogens is 2. The summed E-state index contributed by atoms with van der Waals surface area (Å²) in [5.74, 6) is -1.65. The molecular weight excluding hydrogens is 385 g/mol. The fourth-order valence-electron chi connectivity index (χ4n) is 2.29. The van der Waals surface area contributed by atoms with E-state index in [4.69, 9.17) is 23.2 Å². The van der Waals surface area contributed by atoms with Crippen molar-refractivity contribution in [1.29, 1.82) is 0 Å². The first kappa shape index (κ1) is 18.8. The molecule has 0 fully saturated rings. The summed E-state index contributed by atoms with van der Waals surface area (Å²) < 4.78 is 0. The van der Waals surface area contributed by atoms with Gasteiger partial charge in [0, 0.05) is 22.1 Å². The van der Waals surface area contributed by atoms with E-state index in [1.165, 1.54) is 12.1 Å². The van der Waals surface area contributed by atoms with Crippen LogP contribution in [0.3, 0.4) is 0 Å². The molecule has 0 unspecified atom stereocenters. The Morgan fingerprint density at radius 1 is 0.667 bits per heavy atom. The molecule has 0 radical (unpaired) electrons. The van der Waals surface area contributed by atoms with E-state index in [0.29, 0.717) is 10.7 Å². The first-order valence-corrected chi connectivity index (χ1v) is 8.76. The van der Waals surface area contributed by atoms with Gasteiger partial charge in [0.05, 0.1) is 10.7 Å². The van der Waals surface area contributed by atoms with Crippen LogP contribution in [0, 0.1) is 0 Å². The number of anilines is 4. The fourth-order valence-corrected chi connectivity index (χ4v) is 2.62. The summed E-state index contributed by atoms with van der Waals surface area (Å²) in [6.07, 6.45) is 0. The van der Waals surface area contributed by atoms with E-state index in [2.05, 4.69) is 16.0 Å². The van der Waals surface area contributed by atoms with Crippen molar-refractivity contribution >= 4 is 57.8 Å². The van der Waals surface area contributed by atoms with Crippen molar-refractivity contribution in [1.82, 2.24) is 0 Å². The summed E-state index contributed by atoms with van der Waals surface area (Å²) in [5, 5.41) is 8.89. The number of benzene rings is 3. The minimum atomic E-state index is -0.842. The summed E-state index contributed by atoms with van der Waals surface area (Å²) in [6, 6.07) is 21.3. The molecule has 2 amide bonds. The lowest BCUT2D eigenvalue weighted by Gasteiger charge is -2.10. The van der Waals surface area contributed by atoms with Crippen LogP contribution in [-0.4, -0.2) is 11.8 Å². The monoisotopic (exact) mass is 399 g/mol. The van der Waals surface area contributed by atoms with Crippen LogP contribution in [0.2, 0.25) is 10.0 Å². The van der Waals surface area contributed by atoms with Gasteiger partial charge in [-0.25, -0.2) is 0 Å². The van der Waals surface area contributed by atoms with E-state index >= 15 is 0 Å². The molecule has 7 heteroatoms. The third-order valence-electron chi connectivity index (χ3n) is 3.59. The molecule has 0 aromatic heterocycles. The molecule has 0 heterocycles. The number of rotatable bonds is 4. The van der Waals surface area contributed by atoms with Crippen LogP contribution >= 0.6 is 23.2 Å². The van der Waals surface area contributed by atoms with Crippen LogP contribution in [0.5, 0.6) is 0 Å². The van der Waals surface area contributed by atoms with Crippen LogP contribution in [-0.2, 0) is 9.59 Å². The molecule has 0 aliphatic carbocycles. The second-order valence-electron chi connectivity index (χ2n) is 5.60. The zero-order valence-corrected chi connectivity index (χ0v) is 15.5. The number of nitrogens with one attached hydrogen (secondary N) is 3. The highest BCUT2D eigenvalue weighted by Gasteiger charge is 2.15. The lowest BCUT2D eigenvalue weighted by molar-refractivity contribution is -0.132. The zero-order valence-electron chi connectivity index (χ0n) is 14.0. The normalized spacial score (nSPS) is 10.1. The van der Waals surface area contributed by atoms with Crippen molar-refractivity contribution in [2.24, 2.45) is 0 Å². The molecule has 0 aliphatic rings. The van der Waals surface area contributed by atoms with Gasteiger partial charge in [0.25, 0.3) is 0 Å². The largest absolute Gasteiger partial charge is 0.356 e. The van der Waals surface area contributed by atoms with E-state index in [-0.39, 0.29) is 10.7 Å². The summed E-state index contributed by atoms with van der Waals surface area (Å²) in [5.41, 5.74) is 2.57. The second kappa shape index (κ2) is 8.58. The van der Waals surface area contributed by atoms with E-state index in [9.17, 15) is 9.59 Å². The SMILES string of the molecule is O=C(Nc1ccc(Nc2ccccc2)cc1)C(=O)Nc1cc(Cl)ccc1Cl. The lowest BCUT2D eigenvalue weighted by atomic mass is 10.2. The molecule has 27 heavy (non-hydrogen) atoms. The minimum absolute atomic E-state index is 0.270. The van der Waals surface area contributed by atoms with Crippen molar-refractivity contribution in [3.05, 3.63) is 82.8 Å². The van der Waals surface area contributed by atoms with Crippen LogP contribution in [0.4, 0.5) is 22.7 Å². The fraction of sp³-hybridized carbons (Fsp3) is 0. The topological polar surface area (TPSA) is 70.2 Å². The quantitative estimate of drug-likeness (QED) is 0.520. The average molecular weight is 400 g/mol. The Kier molecular flexibility index (Phi) is 5.96. The Morgan fingerprint density at radius 3 is 1.96 bits per heavy atom. The molecule has 3 rings (SSSR count). The summed E-state index contributed by atoms with van der Waals surface area (Å²) in [7, 11) is 0. The maximum absolute atomic E-state index is 12.1. The Hall–Kier alpha value is -3.02. The smallest absolute Gasteiger partial charge is 0.314 e. The molecule has 136 valence electrons. The third kappa shape index (κ3) is 5.23. The number of para-hydroxylation sites is 1. The number of amides is 2. The first-order valence-electron chi connectivity index (χ1n) is 8.01. The molecule has 0 atom stereocenters. The van der Waals surface area contributed by atoms with Gasteiger partial charge in [0.1, 0.15) is 0 Å². The molecule has 0 spiro atoms. The number of hydrogen-bond donors (Lipinski definition) is 3. The Labute approximate surface area is 166 Å². The van der Waals surface area contributed by atoms with E-state index in [1.54, 1.807) is 30.3 Å². The van der Waals surface area contributed by atoms with Crippen molar-refractivity contribution < 1.29 is 9.59 Å². The second-order valence-corrected chi connectivity index (χ2v) is 6.44. The lowest BCUT2D eigenvalue weighted by Crippen LogP contribution is -2.29. The summed E-state index contributed by atoms with van der Waals surface area (Å²) in [6.45, 7) is 0. The van der Waals surface area contributed by atoms with Crippen molar-refractivity contribution in [3.63, 3.8) is 0 Å². The number of carbonyl (C=O) groups is 2. The highest BCUT2D eigenvalue weighted by Crippen LogP contribution is 2.25. The standard InChI is InChI=1S/C20H15Cl2N3O2/c21-13-6-11-17(22)18(12-13)25-20(27)19(26)24-16-9-7-15(8-10-16)23-14-4-2-1-3-5-14/h1-12,23H,(H,24,26)(H,25,27). The number of hydrogen-bond acceptors (Lipinski definition) is 3. The van der Waals surface area contributed by atoms with Gasteiger partial charge in [-0.1, -0.05) is 41.4 Å². The van der Waals surface area contributed by atoms with Crippen molar-refractivity contribution in [3.8, 4) is 0 Å². The highest BCUT2D eigenvalue weighted by molar-refractivity contribution is 6.45. The van der Waals surface area contributed by atoms with Crippen LogP contribution in [0.25, 0.3) is 0 Å². The molecule has 3 aromatic carbocycles. The molecule has 3 aromatic rings. The maximum Gasteiger partial charge on any atom is 0.314 e. The van der Waals surface area contributed by atoms with Crippen molar-refractivity contribution in [2.45, 2.75) is 0 Å². The predicted octanol–water partition coefficient (Wildman–Crippen LogP) is 5.31. The van der Waals surface area contributed by atoms with Gasteiger partial charge >= 0.3 is 11.8 Å². The van der Waals surface area contributed by atoms with Crippen LogP contribution in [0.15, 0.2) is 72.8 Å². The summed E-state index contributed by atoms with van der Waals surface area (Å²) in [4.78, 5) is 24.1. The van der Waals surface area contributed by atoms with Gasteiger partial charge in [-0.2, -0.15) is 0 Å². The average Bonchev–Trinajstić information content (AvgIpc) is 2.67. The number of carbonyl (C=O) groups excluding carboxylic acids is 2. The van der Waals surface area contributed by atoms with Gasteiger partial charge < -0.3 is 16.0 Å². The van der Waals surface area contributed by atoms with E-state index < -0.39 is 11.8 Å². The molecule has 0 bridgehead atoms. The highest BCUT2D eigenvalue weighted by atomic mass is 35.5. The molecule has 5 nitrogen and oxygen atoms in total. The molecule has 0 aliphatic heterocycles. The third-order valence-corrected chi connectivity index (χ3v) is 4.15. The molecule has 3 N–H and O–H groups in total. The van der Waals surface area contributed by atoms with E-state index in [1.807, 2.05) is 30.3 Å². The van der Waals surface area contributed by atoms with Crippen molar-refractivity contribution in [2.75, 3.05) is 16.0 Å². The van der Waals surface area contributed by atoms with Gasteiger partial charge in [0.15, 0.2) is 0 Å². The first-order chi connectivity index (χ1) is 13.0. The van der Waals surface area contributed by atoms with Gasteiger partial charge in [-0.05, 0) is 54.6 Å². The molecule has 0 saturated heterocycles. The van der Waals surface area contributed by atoms with E-state index in [0.717, 1.165) is 11.4 Å². The summed E-state index contributed by atoms with van der Waals surface area (Å²) >= 11 is 11.8. The Morgan fingerprint density at radius 2 is 1.26 bits per heavy atom. The molecule has 0 saturated carbocycles. The van der Waals surface area contributed by atoms with Gasteiger partial charge in [0.2, 0.25) is 0 Å². The Balaban J connectivity index is 1.60. The maximum atomic E-state index is 12.1. The minimum Gasteiger partial charge on any atom is -0.356 e. The van der Waals surface area contributed by atoms with Crippen LogP contribution < -0.4 is 16.0 Å². The van der Waals surface area contributed by atoms with Gasteiger partial charge in [-0.15, -0.1) is 0 Å². The zero-order chi connectivity index (χ0) is 19.2. The Bertz CT molecular complexity index is 961. The van der Waals surface area contributed by atoms with Crippen LogP contribution in [0.1, 0.15) is 0 Å².